The fraction of sp³-hybridized carbons (Fsp3) is 0.107. The van der Waals surface area contributed by atoms with Crippen molar-refractivity contribution in [2.45, 2.75) is 20.3 Å². The number of aromatic nitrogens is 2. The van der Waals surface area contributed by atoms with Gasteiger partial charge in [-0.2, -0.15) is 12.1 Å². The van der Waals surface area contributed by atoms with Gasteiger partial charge in [0.25, 0.3) is 0 Å². The Morgan fingerprint density at radius 2 is 1.50 bits per heavy atom. The molecule has 4 aromatic rings. The first-order valence-corrected chi connectivity index (χ1v) is 13.9. The van der Waals surface area contributed by atoms with Gasteiger partial charge in [0.1, 0.15) is 0 Å². The monoisotopic (exact) mass is 582 g/mol. The van der Waals surface area contributed by atoms with E-state index in [1.807, 2.05) is 42.7 Å². The van der Waals surface area contributed by atoms with Crippen LogP contribution in [0.25, 0.3) is 33.3 Å². The summed E-state index contributed by atoms with van der Waals surface area (Å²) in [5, 5.41) is 2.48. The van der Waals surface area contributed by atoms with E-state index in [0.29, 0.717) is 0 Å². The summed E-state index contributed by atoms with van der Waals surface area (Å²) in [5.74, 6) is 0. The van der Waals surface area contributed by atoms with E-state index in [0.717, 1.165) is 28.9 Å². The molecular formula is C28H30Cl2N2SiZr-4. The Labute approximate surface area is 234 Å². The quantitative estimate of drug-likeness (QED) is 0.176. The number of halogens is 2. The fourth-order valence-electron chi connectivity index (χ4n) is 3.40. The second kappa shape index (κ2) is 17.7. The molecule has 2 aromatic heterocycles. The number of hydrogen-bond donors (Lipinski definition) is 0. The summed E-state index contributed by atoms with van der Waals surface area (Å²) >= 11 is 1.36. The average molecular weight is 585 g/mol. The molecule has 2 nitrogen and oxygen atoms in total. The van der Waals surface area contributed by atoms with Crippen molar-refractivity contribution in [3.63, 3.8) is 0 Å². The number of rotatable bonds is 2. The van der Waals surface area contributed by atoms with Gasteiger partial charge >= 0.3 is 30.2 Å². The van der Waals surface area contributed by atoms with Crippen molar-refractivity contribution in [2.24, 2.45) is 0 Å². The molecule has 1 aliphatic rings. The zero-order valence-corrected chi connectivity index (χ0v) is 25.1. The summed E-state index contributed by atoms with van der Waals surface area (Å²) in [6, 6.07) is 20.9. The molecule has 2 aromatic carbocycles. The van der Waals surface area contributed by atoms with E-state index in [-0.39, 0.29) is 39.7 Å². The van der Waals surface area contributed by atoms with Crippen molar-refractivity contribution in [3.05, 3.63) is 117 Å². The van der Waals surface area contributed by atoms with E-state index in [1.165, 1.54) is 45.2 Å². The van der Waals surface area contributed by atoms with Crippen molar-refractivity contribution >= 4 is 42.5 Å². The first-order chi connectivity index (χ1) is 14.7. The predicted octanol–water partition coefficient (Wildman–Crippen LogP) is 8.05. The predicted molar refractivity (Wildman–Crippen MR) is 150 cm³/mol. The van der Waals surface area contributed by atoms with Crippen LogP contribution in [0.3, 0.4) is 0 Å². The van der Waals surface area contributed by atoms with Gasteiger partial charge in [0.2, 0.25) is 0 Å². The molecule has 0 amide bonds. The van der Waals surface area contributed by atoms with Crippen molar-refractivity contribution in [1.82, 2.24) is 9.97 Å². The number of benzene rings is 1. The number of fused-ring (bicyclic) bond motifs is 1. The summed E-state index contributed by atoms with van der Waals surface area (Å²) in [6.07, 6.45) is 12.0. The van der Waals surface area contributed by atoms with Crippen molar-refractivity contribution in [1.29, 1.82) is 0 Å². The Bertz CT molecular complexity index is 1170. The molecule has 2 heterocycles. The van der Waals surface area contributed by atoms with Gasteiger partial charge < -0.3 is 14.9 Å². The van der Waals surface area contributed by atoms with Crippen LogP contribution in [0.4, 0.5) is 0 Å². The summed E-state index contributed by atoms with van der Waals surface area (Å²) in [6.45, 7) is 7.25. The van der Waals surface area contributed by atoms with E-state index in [9.17, 15) is 0 Å². The third-order valence-electron chi connectivity index (χ3n) is 4.74. The second-order valence-corrected chi connectivity index (χ2v) is 6.96. The Morgan fingerprint density at radius 1 is 0.882 bits per heavy atom. The van der Waals surface area contributed by atoms with Gasteiger partial charge in [-0.1, -0.05) is 32.0 Å². The number of aryl methyl sites for hydroxylation is 1. The van der Waals surface area contributed by atoms with Crippen LogP contribution < -0.4 is 0 Å². The van der Waals surface area contributed by atoms with Crippen molar-refractivity contribution in [3.8, 4) is 22.5 Å². The second-order valence-electron chi connectivity index (χ2n) is 6.96. The average Bonchev–Trinajstić information content (AvgIpc) is 3.43. The van der Waals surface area contributed by atoms with Gasteiger partial charge in [-0.25, -0.2) is 11.6 Å². The third kappa shape index (κ3) is 9.15. The molecule has 0 spiro atoms. The summed E-state index contributed by atoms with van der Waals surface area (Å²) in [4.78, 5) is 9.00. The van der Waals surface area contributed by atoms with E-state index in [1.54, 1.807) is 0 Å². The van der Waals surface area contributed by atoms with Crippen LogP contribution in [0, 0.1) is 27.9 Å². The van der Waals surface area contributed by atoms with Gasteiger partial charge in [-0.05, 0) is 35.4 Å². The zero-order chi connectivity index (χ0) is 21.3. The standard InChI is InChI=1S/C20H15N2.C6H7.2CH3.2ClH.Si.Zr/c1-14-10-15-12-16(19-6-2-4-8-21-19)13-18(17(15)11-14)20-7-3-5-9-22-20;1-6-4-2-3-5-6;;;;;;/h2-13H,1H3;2,4H,3H2,1H3;2*1H3;2*1H;;/q4*-1;;;;. The normalized spacial score (nSPS) is 10.4. The van der Waals surface area contributed by atoms with E-state index in [4.69, 9.17) is 0 Å². The van der Waals surface area contributed by atoms with Crippen molar-refractivity contribution < 1.29 is 23.3 Å². The minimum atomic E-state index is 0. The molecule has 34 heavy (non-hydrogen) atoms. The molecule has 0 unspecified atom stereocenters. The van der Waals surface area contributed by atoms with E-state index in [2.05, 4.69) is 79.3 Å². The number of pyridine rings is 2. The molecule has 6 heteroatoms. The van der Waals surface area contributed by atoms with Crippen LogP contribution in [0.1, 0.15) is 18.9 Å². The molecule has 1 aliphatic carbocycles. The zero-order valence-electron chi connectivity index (χ0n) is 20.0. The molecule has 5 rings (SSSR count). The molecule has 0 aliphatic heterocycles. The van der Waals surface area contributed by atoms with Crippen LogP contribution in [0.15, 0.2) is 90.8 Å². The Morgan fingerprint density at radius 3 is 1.97 bits per heavy atom. The molecule has 178 valence electrons. The Hall–Kier alpha value is -1.71. The van der Waals surface area contributed by atoms with Gasteiger partial charge in [-0.15, -0.1) is 59.7 Å². The fourth-order valence-corrected chi connectivity index (χ4v) is 3.40. The maximum absolute atomic E-state index is 4.52. The molecule has 0 saturated carbocycles. The van der Waals surface area contributed by atoms with Crippen molar-refractivity contribution in [2.75, 3.05) is 0 Å². The number of allylic oxidation sites excluding steroid dienone is 4. The van der Waals surface area contributed by atoms with Crippen LogP contribution >= 0.6 is 24.8 Å². The topological polar surface area (TPSA) is 25.8 Å². The molecule has 0 N–H and O–H groups in total. The maximum atomic E-state index is 4.52. The van der Waals surface area contributed by atoms with E-state index < -0.39 is 0 Å². The van der Waals surface area contributed by atoms with Gasteiger partial charge in [0.15, 0.2) is 0 Å². The van der Waals surface area contributed by atoms with Crippen LogP contribution in [0.5, 0.6) is 0 Å². The first-order valence-electron chi connectivity index (χ1n) is 9.73. The molecule has 2 radical (unpaired) electrons. The summed E-state index contributed by atoms with van der Waals surface area (Å²) in [7, 11) is 0. The minimum absolute atomic E-state index is 0. The molecule has 0 fully saturated rings. The first kappa shape index (κ1) is 34.5. The SMILES string of the molecule is CC1=[C-]CC=C1.Cc1cc2c(-c3ccccn3)cc(-c3ccccn3)cc2[cH-]1.Cl.Cl.[CH3-].[CH3-].[Si]=[Zr]. The van der Waals surface area contributed by atoms with Gasteiger partial charge in [0.05, 0.1) is 11.4 Å². The van der Waals surface area contributed by atoms with E-state index >= 15 is 0 Å². The Kier molecular flexibility index (Phi) is 17.9. The van der Waals surface area contributed by atoms with Gasteiger partial charge in [0, 0.05) is 12.4 Å². The summed E-state index contributed by atoms with van der Waals surface area (Å²) < 4.78 is 0. The van der Waals surface area contributed by atoms with Crippen LogP contribution in [-0.4, -0.2) is 16.8 Å². The summed E-state index contributed by atoms with van der Waals surface area (Å²) in [5.41, 5.74) is 6.81. The molecular weight excluding hydrogens is 555 g/mol. The Balaban J connectivity index is 0. The molecule has 0 atom stereocenters. The molecule has 0 saturated heterocycles. The number of nitrogens with zero attached hydrogens (tertiary/aromatic N) is 2. The van der Waals surface area contributed by atoms with Gasteiger partial charge in [-0.3, -0.25) is 16.0 Å². The van der Waals surface area contributed by atoms with Crippen LogP contribution in [-0.2, 0) is 23.3 Å². The molecule has 0 bridgehead atoms. The third-order valence-corrected chi connectivity index (χ3v) is 4.74. The van der Waals surface area contributed by atoms with Crippen LogP contribution in [0.2, 0.25) is 0 Å². The number of hydrogen-bond acceptors (Lipinski definition) is 2.